The quantitative estimate of drug-likeness (QED) is 0.853. The van der Waals surface area contributed by atoms with E-state index >= 15 is 0 Å². The maximum absolute atomic E-state index is 13.3. The van der Waals surface area contributed by atoms with Gasteiger partial charge in [-0.25, -0.2) is 8.78 Å². The highest BCUT2D eigenvalue weighted by atomic mass is 19.2. The average Bonchev–Trinajstić information content (AvgIpc) is 2.24. The number of benzene rings is 1. The molecule has 5 heteroatoms. The summed E-state index contributed by atoms with van der Waals surface area (Å²) in [6.07, 6.45) is 0.849. The second-order valence-corrected chi connectivity index (χ2v) is 4.08. The molecule has 0 radical (unpaired) electrons. The van der Waals surface area contributed by atoms with Crippen LogP contribution in [0.3, 0.4) is 0 Å². The van der Waals surface area contributed by atoms with E-state index in [0.29, 0.717) is 6.42 Å². The summed E-state index contributed by atoms with van der Waals surface area (Å²) in [7, 11) is 0. The van der Waals surface area contributed by atoms with Gasteiger partial charge in [0.2, 0.25) is 0 Å². The summed E-state index contributed by atoms with van der Waals surface area (Å²) < 4.78 is 26.2. The summed E-state index contributed by atoms with van der Waals surface area (Å²) in [6, 6.07) is 3.47. The molecule has 0 fully saturated rings. The molecule has 17 heavy (non-hydrogen) atoms. The first-order valence-corrected chi connectivity index (χ1v) is 5.36. The molecule has 0 saturated heterocycles. The van der Waals surface area contributed by atoms with E-state index in [9.17, 15) is 18.7 Å². The highest BCUT2D eigenvalue weighted by molar-refractivity contribution is 5.96. The lowest BCUT2D eigenvalue weighted by Crippen LogP contribution is -2.40. The number of aliphatic hydroxyl groups is 1. The van der Waals surface area contributed by atoms with Crippen LogP contribution in [0, 0.1) is 11.6 Å². The molecule has 1 aromatic rings. The normalized spacial score (nSPS) is 14.2. The van der Waals surface area contributed by atoms with E-state index in [1.807, 2.05) is 6.92 Å². The molecular weight excluding hydrogens is 228 g/mol. The second kappa shape index (κ2) is 5.23. The van der Waals surface area contributed by atoms with Gasteiger partial charge in [0.25, 0.3) is 5.91 Å². The van der Waals surface area contributed by atoms with Crippen molar-refractivity contribution in [2.45, 2.75) is 32.3 Å². The van der Waals surface area contributed by atoms with Crippen LogP contribution in [0.4, 0.5) is 14.5 Å². The van der Waals surface area contributed by atoms with Crippen molar-refractivity contribution in [1.82, 2.24) is 0 Å². The summed E-state index contributed by atoms with van der Waals surface area (Å²) in [5.74, 6) is -2.92. The number of carbonyl (C=O) groups is 1. The molecule has 0 aromatic heterocycles. The van der Waals surface area contributed by atoms with E-state index < -0.39 is 23.1 Å². The molecule has 1 aromatic carbocycles. The van der Waals surface area contributed by atoms with Gasteiger partial charge in [-0.1, -0.05) is 19.4 Å². The molecule has 1 amide bonds. The van der Waals surface area contributed by atoms with Crippen molar-refractivity contribution in [3.8, 4) is 0 Å². The number of nitrogens with one attached hydrogen (secondary N) is 1. The highest BCUT2D eigenvalue weighted by Gasteiger charge is 2.29. The zero-order valence-corrected chi connectivity index (χ0v) is 9.76. The number of hydrogen-bond donors (Lipinski definition) is 2. The first-order valence-electron chi connectivity index (χ1n) is 5.36. The van der Waals surface area contributed by atoms with Gasteiger partial charge in [0.05, 0.1) is 5.69 Å². The molecule has 1 atom stereocenters. The third-order valence-corrected chi connectivity index (χ3v) is 2.43. The predicted octanol–water partition coefficient (Wildman–Crippen LogP) is 2.45. The van der Waals surface area contributed by atoms with Gasteiger partial charge in [-0.05, 0) is 25.5 Å². The van der Waals surface area contributed by atoms with Gasteiger partial charge in [-0.2, -0.15) is 0 Å². The zero-order valence-electron chi connectivity index (χ0n) is 9.76. The van der Waals surface area contributed by atoms with Crippen LogP contribution < -0.4 is 5.32 Å². The van der Waals surface area contributed by atoms with E-state index in [0.717, 1.165) is 6.07 Å². The van der Waals surface area contributed by atoms with Crippen LogP contribution in [-0.2, 0) is 4.79 Å². The zero-order chi connectivity index (χ0) is 13.1. The molecule has 0 spiro atoms. The van der Waals surface area contributed by atoms with E-state index in [1.54, 1.807) is 0 Å². The van der Waals surface area contributed by atoms with Gasteiger partial charge in [-0.3, -0.25) is 4.79 Å². The number of amides is 1. The second-order valence-electron chi connectivity index (χ2n) is 4.08. The number of carbonyl (C=O) groups excluding carboxylic acids is 1. The van der Waals surface area contributed by atoms with Gasteiger partial charge in [-0.15, -0.1) is 0 Å². The molecule has 94 valence electrons. The van der Waals surface area contributed by atoms with Crippen LogP contribution in [0.1, 0.15) is 26.7 Å². The maximum atomic E-state index is 13.3. The van der Waals surface area contributed by atoms with Crippen molar-refractivity contribution in [2.24, 2.45) is 0 Å². The van der Waals surface area contributed by atoms with Crippen molar-refractivity contribution < 1.29 is 18.7 Å². The average molecular weight is 243 g/mol. The monoisotopic (exact) mass is 243 g/mol. The minimum absolute atomic E-state index is 0.246. The molecular formula is C12H15F2NO2. The SMILES string of the molecule is CCCC(C)(O)C(=O)Nc1cccc(F)c1F. The minimum atomic E-state index is -1.59. The minimum Gasteiger partial charge on any atom is -0.380 e. The summed E-state index contributed by atoms with van der Waals surface area (Å²) in [5, 5.41) is 11.9. The van der Waals surface area contributed by atoms with Crippen LogP contribution >= 0.6 is 0 Å². The molecule has 0 bridgehead atoms. The number of hydrogen-bond acceptors (Lipinski definition) is 2. The van der Waals surface area contributed by atoms with E-state index in [2.05, 4.69) is 5.32 Å². The topological polar surface area (TPSA) is 49.3 Å². The van der Waals surface area contributed by atoms with Crippen LogP contribution in [0.2, 0.25) is 0 Å². The Morgan fingerprint density at radius 3 is 2.71 bits per heavy atom. The number of halogens is 2. The predicted molar refractivity (Wildman–Crippen MR) is 60.5 cm³/mol. The number of anilines is 1. The molecule has 1 unspecified atom stereocenters. The summed E-state index contributed by atoms with van der Waals surface area (Å²) in [5.41, 5.74) is -1.86. The summed E-state index contributed by atoms with van der Waals surface area (Å²) >= 11 is 0. The molecule has 2 N–H and O–H groups in total. The Hall–Kier alpha value is -1.49. The Balaban J connectivity index is 2.85. The van der Waals surface area contributed by atoms with Crippen molar-refractivity contribution >= 4 is 11.6 Å². The molecule has 0 aliphatic rings. The Morgan fingerprint density at radius 2 is 2.12 bits per heavy atom. The van der Waals surface area contributed by atoms with Gasteiger partial charge in [0.1, 0.15) is 5.60 Å². The Morgan fingerprint density at radius 1 is 1.47 bits per heavy atom. The summed E-state index contributed by atoms with van der Waals surface area (Å²) in [4.78, 5) is 11.6. The maximum Gasteiger partial charge on any atom is 0.256 e. The van der Waals surface area contributed by atoms with Crippen molar-refractivity contribution in [1.29, 1.82) is 0 Å². The van der Waals surface area contributed by atoms with Crippen molar-refractivity contribution in [3.63, 3.8) is 0 Å². The Kier molecular flexibility index (Phi) is 4.17. The lowest BCUT2D eigenvalue weighted by Gasteiger charge is -2.21. The van der Waals surface area contributed by atoms with Crippen LogP contribution in [0.5, 0.6) is 0 Å². The van der Waals surface area contributed by atoms with Gasteiger partial charge >= 0.3 is 0 Å². The molecule has 0 heterocycles. The molecule has 0 aliphatic carbocycles. The molecule has 3 nitrogen and oxygen atoms in total. The lowest BCUT2D eigenvalue weighted by atomic mass is 9.99. The highest BCUT2D eigenvalue weighted by Crippen LogP contribution is 2.20. The Labute approximate surface area is 98.5 Å². The summed E-state index contributed by atoms with van der Waals surface area (Å²) in [6.45, 7) is 3.15. The van der Waals surface area contributed by atoms with Crippen LogP contribution in [0.15, 0.2) is 18.2 Å². The third kappa shape index (κ3) is 3.23. The fraction of sp³-hybridized carbons (Fsp3) is 0.417. The fourth-order valence-corrected chi connectivity index (χ4v) is 1.46. The fourth-order valence-electron chi connectivity index (χ4n) is 1.46. The first-order chi connectivity index (χ1) is 7.88. The van der Waals surface area contributed by atoms with E-state index in [1.165, 1.54) is 19.1 Å². The lowest BCUT2D eigenvalue weighted by molar-refractivity contribution is -0.133. The Bertz CT molecular complexity index is 419. The molecule has 0 saturated carbocycles. The van der Waals surface area contributed by atoms with Gasteiger partial charge < -0.3 is 10.4 Å². The molecule has 0 aliphatic heterocycles. The molecule has 1 rings (SSSR count). The standard InChI is InChI=1S/C12H15F2NO2/c1-3-7-12(2,17)11(16)15-9-6-4-5-8(13)10(9)14/h4-6,17H,3,7H2,1-2H3,(H,15,16). The first kappa shape index (κ1) is 13.6. The van der Waals surface area contributed by atoms with Crippen molar-refractivity contribution in [2.75, 3.05) is 5.32 Å². The van der Waals surface area contributed by atoms with E-state index in [4.69, 9.17) is 0 Å². The van der Waals surface area contributed by atoms with Gasteiger partial charge in [0, 0.05) is 0 Å². The number of rotatable bonds is 4. The van der Waals surface area contributed by atoms with Crippen molar-refractivity contribution in [3.05, 3.63) is 29.8 Å². The smallest absolute Gasteiger partial charge is 0.256 e. The van der Waals surface area contributed by atoms with Gasteiger partial charge in [0.15, 0.2) is 11.6 Å². The largest absolute Gasteiger partial charge is 0.380 e. The third-order valence-electron chi connectivity index (χ3n) is 2.43. The van der Waals surface area contributed by atoms with Crippen LogP contribution in [0.25, 0.3) is 0 Å². The van der Waals surface area contributed by atoms with Crippen LogP contribution in [-0.4, -0.2) is 16.6 Å². The van der Waals surface area contributed by atoms with E-state index in [-0.39, 0.29) is 12.1 Å².